The molecule has 4 rings (SSSR count). The van der Waals surface area contributed by atoms with Gasteiger partial charge in [-0.05, 0) is 24.5 Å². The number of carbonyl (C=O) groups excluding carboxylic acids is 1. The van der Waals surface area contributed by atoms with Crippen LogP contribution in [0.2, 0.25) is 0 Å². The maximum atomic E-state index is 12.5. The molecule has 4 heterocycles. The highest BCUT2D eigenvalue weighted by molar-refractivity contribution is 5.94. The molecular weight excluding hydrogens is 360 g/mol. The molecule has 0 bridgehead atoms. The number of amides is 1. The van der Waals surface area contributed by atoms with E-state index in [0.29, 0.717) is 23.8 Å². The quantitative estimate of drug-likeness (QED) is 0.664. The summed E-state index contributed by atoms with van der Waals surface area (Å²) >= 11 is 0. The molecule has 0 saturated carbocycles. The average Bonchev–Trinajstić information content (AvgIpc) is 3.40. The van der Waals surface area contributed by atoms with E-state index in [1.807, 2.05) is 0 Å². The van der Waals surface area contributed by atoms with Gasteiger partial charge in [-0.25, -0.2) is 9.67 Å². The molecule has 1 saturated heterocycles. The van der Waals surface area contributed by atoms with E-state index in [-0.39, 0.29) is 11.5 Å². The summed E-state index contributed by atoms with van der Waals surface area (Å²) in [6, 6.07) is 4.97. The average molecular weight is 380 g/mol. The van der Waals surface area contributed by atoms with Crippen LogP contribution in [-0.4, -0.2) is 55.1 Å². The van der Waals surface area contributed by atoms with Gasteiger partial charge in [0, 0.05) is 44.5 Å². The minimum absolute atomic E-state index is 0.129. The topological polar surface area (TPSA) is 111 Å². The van der Waals surface area contributed by atoms with Crippen molar-refractivity contribution in [3.8, 4) is 5.82 Å². The lowest BCUT2D eigenvalue weighted by molar-refractivity contribution is 0.0948. The first-order chi connectivity index (χ1) is 13.6. The van der Waals surface area contributed by atoms with Gasteiger partial charge >= 0.3 is 0 Å². The highest BCUT2D eigenvalue weighted by Crippen LogP contribution is 2.21. The second-order valence-corrected chi connectivity index (χ2v) is 6.76. The van der Waals surface area contributed by atoms with Crippen molar-refractivity contribution in [1.29, 1.82) is 0 Å². The number of hydrogen-bond acceptors (Lipinski definition) is 7. The van der Waals surface area contributed by atoms with Crippen LogP contribution >= 0.6 is 0 Å². The number of aryl methyl sites for hydroxylation is 1. The number of rotatable bonds is 5. The van der Waals surface area contributed by atoms with Crippen LogP contribution in [0, 0.1) is 5.92 Å². The van der Waals surface area contributed by atoms with Gasteiger partial charge in [0.1, 0.15) is 18.5 Å². The Bertz CT molecular complexity index is 1030. The van der Waals surface area contributed by atoms with Gasteiger partial charge in [0.15, 0.2) is 0 Å². The Morgan fingerprint density at radius 3 is 2.89 bits per heavy atom. The van der Waals surface area contributed by atoms with E-state index in [9.17, 15) is 9.59 Å². The summed E-state index contributed by atoms with van der Waals surface area (Å²) in [5.74, 6) is 0.750. The first-order valence-electron chi connectivity index (χ1n) is 8.98. The summed E-state index contributed by atoms with van der Waals surface area (Å²) in [7, 11) is 1.63. The van der Waals surface area contributed by atoms with Crippen molar-refractivity contribution in [1.82, 2.24) is 34.8 Å². The molecule has 0 spiro atoms. The van der Waals surface area contributed by atoms with Crippen LogP contribution in [0.3, 0.4) is 0 Å². The highest BCUT2D eigenvalue weighted by atomic mass is 16.1. The maximum Gasteiger partial charge on any atom is 0.268 e. The van der Waals surface area contributed by atoms with Crippen LogP contribution < -0.4 is 15.8 Å². The predicted molar refractivity (Wildman–Crippen MR) is 101 cm³/mol. The largest absolute Gasteiger partial charge is 0.370 e. The molecule has 10 heteroatoms. The van der Waals surface area contributed by atoms with Gasteiger partial charge in [0.2, 0.25) is 0 Å². The molecule has 1 fully saturated rings. The molecule has 3 aromatic rings. The molecule has 144 valence electrons. The number of nitrogens with one attached hydrogen (secondary N) is 1. The van der Waals surface area contributed by atoms with Crippen molar-refractivity contribution in [2.24, 2.45) is 13.0 Å². The molecule has 0 unspecified atom stereocenters. The minimum Gasteiger partial charge on any atom is -0.370 e. The summed E-state index contributed by atoms with van der Waals surface area (Å²) in [6.07, 6.45) is 7.29. The predicted octanol–water partition coefficient (Wildman–Crippen LogP) is 0.0123. The molecule has 1 atom stereocenters. The van der Waals surface area contributed by atoms with E-state index >= 15 is 0 Å². The molecule has 1 N–H and O–H groups in total. The van der Waals surface area contributed by atoms with E-state index in [1.54, 1.807) is 42.2 Å². The zero-order valence-electron chi connectivity index (χ0n) is 15.4. The lowest BCUT2D eigenvalue weighted by Gasteiger charge is -2.18. The molecule has 28 heavy (non-hydrogen) atoms. The summed E-state index contributed by atoms with van der Waals surface area (Å²) < 4.78 is 2.95. The first kappa shape index (κ1) is 17.8. The van der Waals surface area contributed by atoms with Crippen molar-refractivity contribution in [3.05, 3.63) is 59.2 Å². The molecule has 1 aliphatic heterocycles. The SMILES string of the molecule is Cn1ncc(N2CC[C@@H](CNC(=O)c3ccnc(-n4cnnc4)c3)C2)cc1=O. The van der Waals surface area contributed by atoms with Crippen LogP contribution in [0.1, 0.15) is 16.8 Å². The molecule has 10 nitrogen and oxygen atoms in total. The third-order valence-electron chi connectivity index (χ3n) is 4.85. The highest BCUT2D eigenvalue weighted by Gasteiger charge is 2.24. The Hall–Kier alpha value is -3.56. The van der Waals surface area contributed by atoms with Crippen LogP contribution in [0.4, 0.5) is 5.69 Å². The third kappa shape index (κ3) is 3.75. The molecule has 3 aromatic heterocycles. The molecule has 1 amide bonds. The Morgan fingerprint density at radius 2 is 2.11 bits per heavy atom. The van der Waals surface area contributed by atoms with Crippen molar-refractivity contribution in [2.45, 2.75) is 6.42 Å². The van der Waals surface area contributed by atoms with Crippen molar-refractivity contribution in [3.63, 3.8) is 0 Å². The van der Waals surface area contributed by atoms with Gasteiger partial charge in [-0.3, -0.25) is 14.2 Å². The van der Waals surface area contributed by atoms with Gasteiger partial charge < -0.3 is 10.2 Å². The number of nitrogens with zero attached hydrogens (tertiary/aromatic N) is 7. The second-order valence-electron chi connectivity index (χ2n) is 6.76. The summed E-state index contributed by atoms with van der Waals surface area (Å²) in [5, 5.41) is 14.6. The van der Waals surface area contributed by atoms with Crippen LogP contribution in [0.25, 0.3) is 5.82 Å². The first-order valence-corrected chi connectivity index (χ1v) is 8.98. The number of aromatic nitrogens is 6. The smallest absolute Gasteiger partial charge is 0.268 e. The lowest BCUT2D eigenvalue weighted by Crippen LogP contribution is -2.31. The van der Waals surface area contributed by atoms with E-state index in [4.69, 9.17) is 0 Å². The van der Waals surface area contributed by atoms with Crippen molar-refractivity contribution >= 4 is 11.6 Å². The molecule has 0 aromatic carbocycles. The molecular formula is C18H20N8O2. The minimum atomic E-state index is -0.148. The fourth-order valence-corrected chi connectivity index (χ4v) is 3.23. The number of carbonyl (C=O) groups is 1. The maximum absolute atomic E-state index is 12.5. The number of pyridine rings is 1. The van der Waals surface area contributed by atoms with E-state index < -0.39 is 0 Å². The fraction of sp³-hybridized carbons (Fsp3) is 0.333. The van der Waals surface area contributed by atoms with Crippen LogP contribution in [0.15, 0.2) is 48.0 Å². The number of anilines is 1. The second kappa shape index (κ2) is 7.59. The van der Waals surface area contributed by atoms with Gasteiger partial charge in [0.05, 0.1) is 11.9 Å². The van der Waals surface area contributed by atoms with Crippen molar-refractivity contribution in [2.75, 3.05) is 24.5 Å². The molecule has 0 radical (unpaired) electrons. The standard InChI is InChI=1S/C18H20N8O2/c1-24-17(27)7-15(9-23-24)25-5-3-13(10-25)8-20-18(28)14-2-4-19-16(6-14)26-11-21-22-12-26/h2,4,6-7,9,11-13H,3,5,8,10H2,1H3,(H,20,28)/t13-/m0/s1. The van der Waals surface area contributed by atoms with Crippen LogP contribution in [-0.2, 0) is 7.05 Å². The fourth-order valence-electron chi connectivity index (χ4n) is 3.23. The Labute approximate surface area is 160 Å². The monoisotopic (exact) mass is 380 g/mol. The van der Waals surface area contributed by atoms with E-state index in [2.05, 4.69) is 30.5 Å². The summed E-state index contributed by atoms with van der Waals surface area (Å²) in [6.45, 7) is 2.18. The van der Waals surface area contributed by atoms with Crippen LogP contribution in [0.5, 0.6) is 0 Å². The summed E-state index contributed by atoms with van der Waals surface area (Å²) in [4.78, 5) is 30.6. The molecule has 0 aliphatic carbocycles. The van der Waals surface area contributed by atoms with E-state index in [1.165, 1.54) is 17.3 Å². The van der Waals surface area contributed by atoms with Gasteiger partial charge in [-0.2, -0.15) is 5.10 Å². The zero-order chi connectivity index (χ0) is 19.5. The van der Waals surface area contributed by atoms with E-state index in [0.717, 1.165) is 25.2 Å². The van der Waals surface area contributed by atoms with Gasteiger partial charge in [-0.1, -0.05) is 0 Å². The Balaban J connectivity index is 1.35. The molecule has 1 aliphatic rings. The van der Waals surface area contributed by atoms with Gasteiger partial charge in [0.25, 0.3) is 11.5 Å². The van der Waals surface area contributed by atoms with Gasteiger partial charge in [-0.15, -0.1) is 10.2 Å². The lowest BCUT2D eigenvalue weighted by atomic mass is 10.1. The number of hydrogen-bond donors (Lipinski definition) is 1. The normalized spacial score (nSPS) is 16.3. The Morgan fingerprint density at radius 1 is 1.29 bits per heavy atom. The Kier molecular flexibility index (Phi) is 4.83. The third-order valence-corrected chi connectivity index (χ3v) is 4.85. The summed E-state index contributed by atoms with van der Waals surface area (Å²) in [5.41, 5.74) is 1.23. The van der Waals surface area contributed by atoms with Crippen molar-refractivity contribution < 1.29 is 4.79 Å². The zero-order valence-corrected chi connectivity index (χ0v) is 15.4.